The number of likely N-dealkylation sites (N-methyl/N-ethyl adjacent to an activating group) is 1. The molecule has 12 heavy (non-hydrogen) atoms. The van der Waals surface area contributed by atoms with Gasteiger partial charge in [-0.25, -0.2) is 5.01 Å². The molecule has 0 spiro atoms. The number of ether oxygens (including phenoxy) is 1. The van der Waals surface area contributed by atoms with Gasteiger partial charge in [0.2, 0.25) is 0 Å². The zero-order chi connectivity index (χ0) is 8.69. The van der Waals surface area contributed by atoms with Gasteiger partial charge in [0.05, 0.1) is 0 Å². The maximum absolute atomic E-state index is 10.6. The molecular weight excluding hydrogens is 167 g/mol. The van der Waals surface area contributed by atoms with Crippen LogP contribution in [0.3, 0.4) is 0 Å². The number of hydrogen-bond acceptors (Lipinski definition) is 4. The predicted octanol–water partition coefficient (Wildman–Crippen LogP) is -0.513. The SMILES string of the molecule is CCC(=O)OCCN(N)CC.[NaH]. The number of nitrogens with two attached hydrogens (primary N) is 1. The molecule has 68 valence electrons. The fourth-order valence-electron chi connectivity index (χ4n) is 0.537. The van der Waals surface area contributed by atoms with Crippen LogP contribution in [0.5, 0.6) is 0 Å². The summed E-state index contributed by atoms with van der Waals surface area (Å²) in [6.07, 6.45) is 0.427. The number of hydrogen-bond donors (Lipinski definition) is 1. The summed E-state index contributed by atoms with van der Waals surface area (Å²) in [7, 11) is 0. The molecule has 0 amide bonds. The molecule has 0 heterocycles. The average Bonchev–Trinajstić information content (AvgIpc) is 2.04. The molecule has 0 unspecified atom stereocenters. The van der Waals surface area contributed by atoms with Crippen LogP contribution >= 0.6 is 0 Å². The van der Waals surface area contributed by atoms with E-state index in [2.05, 4.69) is 0 Å². The van der Waals surface area contributed by atoms with Gasteiger partial charge < -0.3 is 4.74 Å². The summed E-state index contributed by atoms with van der Waals surface area (Å²) >= 11 is 0. The molecule has 4 nitrogen and oxygen atoms in total. The summed E-state index contributed by atoms with van der Waals surface area (Å²) in [6, 6.07) is 0. The molecule has 0 aliphatic heterocycles. The second kappa shape index (κ2) is 9.48. The van der Waals surface area contributed by atoms with Crippen LogP contribution in [0.1, 0.15) is 20.3 Å². The fraction of sp³-hybridized carbons (Fsp3) is 0.857. The summed E-state index contributed by atoms with van der Waals surface area (Å²) in [4.78, 5) is 10.6. The summed E-state index contributed by atoms with van der Waals surface area (Å²) < 4.78 is 4.80. The Labute approximate surface area is 95.7 Å². The van der Waals surface area contributed by atoms with Crippen LogP contribution in [0, 0.1) is 0 Å². The van der Waals surface area contributed by atoms with Crippen molar-refractivity contribution >= 4 is 35.5 Å². The number of carbonyl (C=O) groups is 1. The molecule has 0 rings (SSSR count). The van der Waals surface area contributed by atoms with Crippen molar-refractivity contribution in [3.8, 4) is 0 Å². The summed E-state index contributed by atoms with van der Waals surface area (Å²) in [5.74, 6) is 5.27. The summed E-state index contributed by atoms with van der Waals surface area (Å²) in [6.45, 7) is 5.47. The predicted molar refractivity (Wildman–Crippen MR) is 49.8 cm³/mol. The first-order valence-electron chi connectivity index (χ1n) is 3.86. The average molecular weight is 184 g/mol. The Morgan fingerprint density at radius 2 is 2.08 bits per heavy atom. The van der Waals surface area contributed by atoms with Crippen LogP contribution in [-0.2, 0) is 9.53 Å². The van der Waals surface area contributed by atoms with Gasteiger partial charge in [0.15, 0.2) is 0 Å². The minimum absolute atomic E-state index is 0. The zero-order valence-corrected chi connectivity index (χ0v) is 7.17. The van der Waals surface area contributed by atoms with Crippen LogP contribution in [0.4, 0.5) is 0 Å². The zero-order valence-electron chi connectivity index (χ0n) is 7.17. The van der Waals surface area contributed by atoms with Crippen molar-refractivity contribution in [3.05, 3.63) is 0 Å². The molecule has 0 aliphatic carbocycles. The first kappa shape index (κ1) is 14.9. The van der Waals surface area contributed by atoms with Crippen LogP contribution in [0.2, 0.25) is 0 Å². The van der Waals surface area contributed by atoms with Crippen molar-refractivity contribution in [2.24, 2.45) is 5.84 Å². The van der Waals surface area contributed by atoms with Crippen molar-refractivity contribution in [3.63, 3.8) is 0 Å². The Hall–Kier alpha value is 0.390. The van der Waals surface area contributed by atoms with Gasteiger partial charge >= 0.3 is 35.5 Å². The molecule has 0 aliphatic rings. The summed E-state index contributed by atoms with van der Waals surface area (Å²) in [5.41, 5.74) is 0. The van der Waals surface area contributed by atoms with Gasteiger partial charge in [0.25, 0.3) is 0 Å². The van der Waals surface area contributed by atoms with E-state index in [1.54, 1.807) is 11.9 Å². The van der Waals surface area contributed by atoms with Gasteiger partial charge in [-0.3, -0.25) is 10.6 Å². The monoisotopic (exact) mass is 184 g/mol. The van der Waals surface area contributed by atoms with E-state index < -0.39 is 0 Å². The van der Waals surface area contributed by atoms with Crippen molar-refractivity contribution in [2.75, 3.05) is 19.7 Å². The first-order valence-corrected chi connectivity index (χ1v) is 3.86. The molecule has 0 aromatic rings. The quantitative estimate of drug-likeness (QED) is 0.270. The Balaban J connectivity index is 0. The molecule has 0 bridgehead atoms. The molecule has 0 atom stereocenters. The van der Waals surface area contributed by atoms with E-state index >= 15 is 0 Å². The third kappa shape index (κ3) is 8.49. The number of rotatable bonds is 5. The number of esters is 1. The molecule has 0 saturated carbocycles. The van der Waals surface area contributed by atoms with Gasteiger partial charge in [-0.15, -0.1) is 0 Å². The van der Waals surface area contributed by atoms with Crippen LogP contribution < -0.4 is 5.84 Å². The normalized spacial score (nSPS) is 9.33. The molecule has 0 aromatic carbocycles. The maximum atomic E-state index is 10.6. The standard InChI is InChI=1S/C7H16N2O2.Na.H/c1-3-7(10)11-6-5-9(8)4-2;;/h3-6,8H2,1-2H3;;. The van der Waals surface area contributed by atoms with E-state index in [-0.39, 0.29) is 35.5 Å². The number of carbonyl (C=O) groups excluding carboxylic acids is 1. The molecule has 2 N–H and O–H groups in total. The van der Waals surface area contributed by atoms with Crippen LogP contribution in [0.15, 0.2) is 0 Å². The first-order chi connectivity index (χ1) is 5.20. The van der Waals surface area contributed by atoms with E-state index in [0.717, 1.165) is 6.54 Å². The Morgan fingerprint density at radius 1 is 1.50 bits per heavy atom. The number of hydrazine groups is 1. The Bertz CT molecular complexity index is 122. The molecule has 0 saturated heterocycles. The third-order valence-corrected chi connectivity index (χ3v) is 1.34. The van der Waals surface area contributed by atoms with E-state index in [1.807, 2.05) is 6.92 Å². The van der Waals surface area contributed by atoms with Crippen molar-refractivity contribution in [1.29, 1.82) is 0 Å². The van der Waals surface area contributed by atoms with Crippen LogP contribution in [-0.4, -0.2) is 60.2 Å². The van der Waals surface area contributed by atoms with Crippen molar-refractivity contribution in [2.45, 2.75) is 20.3 Å². The van der Waals surface area contributed by atoms with Crippen molar-refractivity contribution < 1.29 is 9.53 Å². The van der Waals surface area contributed by atoms with E-state index in [9.17, 15) is 4.79 Å². The van der Waals surface area contributed by atoms with Gasteiger partial charge in [0, 0.05) is 19.5 Å². The Kier molecular flexibility index (Phi) is 11.8. The van der Waals surface area contributed by atoms with Crippen molar-refractivity contribution in [1.82, 2.24) is 5.01 Å². The van der Waals surface area contributed by atoms with Crippen LogP contribution in [0.25, 0.3) is 0 Å². The molecular formula is C7H17N2NaO2. The molecule has 0 aromatic heterocycles. The van der Waals surface area contributed by atoms with Gasteiger partial charge in [-0.1, -0.05) is 13.8 Å². The molecule has 5 heteroatoms. The topological polar surface area (TPSA) is 55.6 Å². The van der Waals surface area contributed by atoms with E-state index in [1.165, 1.54) is 0 Å². The second-order valence-corrected chi connectivity index (χ2v) is 2.20. The van der Waals surface area contributed by atoms with E-state index in [4.69, 9.17) is 10.6 Å². The molecule has 0 radical (unpaired) electrons. The Morgan fingerprint density at radius 3 is 2.50 bits per heavy atom. The van der Waals surface area contributed by atoms with Gasteiger partial charge in [-0.05, 0) is 0 Å². The van der Waals surface area contributed by atoms with E-state index in [0.29, 0.717) is 19.6 Å². The summed E-state index contributed by atoms with van der Waals surface area (Å²) in [5, 5.41) is 1.60. The molecule has 0 fully saturated rings. The second-order valence-electron chi connectivity index (χ2n) is 2.20. The third-order valence-electron chi connectivity index (χ3n) is 1.34. The van der Waals surface area contributed by atoms with Gasteiger partial charge in [0.1, 0.15) is 6.61 Å². The number of nitrogens with zero attached hydrogens (tertiary/aromatic N) is 1. The fourth-order valence-corrected chi connectivity index (χ4v) is 0.537. The van der Waals surface area contributed by atoms with Gasteiger partial charge in [-0.2, -0.15) is 0 Å². The minimum atomic E-state index is -0.172.